The molecule has 0 aliphatic carbocycles. The van der Waals surface area contributed by atoms with Gasteiger partial charge in [-0.15, -0.1) is 0 Å². The normalized spacial score (nSPS) is 10.7. The largest absolute Gasteiger partial charge is 0.310 e. The predicted octanol–water partition coefficient (Wildman–Crippen LogP) is 2.83. The first-order valence-electron chi connectivity index (χ1n) is 5.33. The van der Waals surface area contributed by atoms with Crippen molar-refractivity contribution in [1.29, 1.82) is 0 Å². The highest BCUT2D eigenvalue weighted by Gasteiger charge is 2.09. The topological polar surface area (TPSA) is 42.0 Å². The van der Waals surface area contributed by atoms with Gasteiger partial charge in [-0.25, -0.2) is 4.98 Å². The molecule has 1 N–H and O–H groups in total. The molecule has 3 nitrogen and oxygen atoms in total. The Hall–Kier alpha value is -1.90. The number of rotatable bonds is 2. The molecule has 0 bridgehead atoms. The Bertz CT molecular complexity index is 515. The van der Waals surface area contributed by atoms with Crippen LogP contribution in [-0.2, 0) is 4.79 Å². The van der Waals surface area contributed by atoms with Crippen LogP contribution in [0.3, 0.4) is 0 Å². The maximum Gasteiger partial charge on any atom is 0.228 e. The zero-order valence-electron chi connectivity index (χ0n) is 9.40. The van der Waals surface area contributed by atoms with Crippen molar-refractivity contribution in [1.82, 2.24) is 4.98 Å². The summed E-state index contributed by atoms with van der Waals surface area (Å²) in [5, 5.41) is 4.89. The minimum atomic E-state index is -0.0410. The summed E-state index contributed by atoms with van der Waals surface area (Å²) < 4.78 is 0. The number of nitrogens with zero attached hydrogens (tertiary/aromatic N) is 1. The smallest absolute Gasteiger partial charge is 0.228 e. The average molecular weight is 214 g/mol. The van der Waals surface area contributed by atoms with Crippen molar-refractivity contribution in [2.45, 2.75) is 13.8 Å². The lowest BCUT2D eigenvalue weighted by molar-refractivity contribution is -0.118. The van der Waals surface area contributed by atoms with Crippen molar-refractivity contribution >= 4 is 22.5 Å². The van der Waals surface area contributed by atoms with E-state index in [0.717, 1.165) is 10.8 Å². The summed E-state index contributed by atoms with van der Waals surface area (Å²) in [4.78, 5) is 15.8. The lowest BCUT2D eigenvalue weighted by Gasteiger charge is -2.09. The van der Waals surface area contributed by atoms with E-state index in [9.17, 15) is 4.79 Å². The number of anilines is 1. The fraction of sp³-hybridized carbons (Fsp3) is 0.231. The molecule has 16 heavy (non-hydrogen) atoms. The molecule has 0 aliphatic rings. The van der Waals surface area contributed by atoms with E-state index in [-0.39, 0.29) is 11.8 Å². The molecule has 0 atom stereocenters. The summed E-state index contributed by atoms with van der Waals surface area (Å²) in [5.74, 6) is 0.585. The van der Waals surface area contributed by atoms with E-state index < -0.39 is 0 Å². The lowest BCUT2D eigenvalue weighted by Crippen LogP contribution is -2.18. The number of benzene rings is 1. The van der Waals surface area contributed by atoms with Crippen molar-refractivity contribution in [2.75, 3.05) is 5.32 Å². The van der Waals surface area contributed by atoms with Crippen LogP contribution in [0.15, 0.2) is 36.5 Å². The second kappa shape index (κ2) is 4.31. The Morgan fingerprint density at radius 3 is 2.75 bits per heavy atom. The number of amides is 1. The first kappa shape index (κ1) is 10.6. The Morgan fingerprint density at radius 1 is 1.25 bits per heavy atom. The van der Waals surface area contributed by atoms with Gasteiger partial charge in [0.25, 0.3) is 0 Å². The zero-order valence-corrected chi connectivity index (χ0v) is 9.40. The first-order valence-corrected chi connectivity index (χ1v) is 5.33. The number of nitrogens with one attached hydrogen (secondary N) is 1. The van der Waals surface area contributed by atoms with Crippen LogP contribution >= 0.6 is 0 Å². The molecule has 82 valence electrons. The van der Waals surface area contributed by atoms with Gasteiger partial charge < -0.3 is 5.32 Å². The highest BCUT2D eigenvalue weighted by atomic mass is 16.1. The number of carbonyl (C=O) groups excluding carboxylic acids is 1. The summed E-state index contributed by atoms with van der Waals surface area (Å²) in [6, 6.07) is 9.80. The number of pyridine rings is 1. The molecule has 1 aromatic heterocycles. The first-order chi connectivity index (χ1) is 7.68. The van der Waals surface area contributed by atoms with E-state index in [4.69, 9.17) is 0 Å². The monoisotopic (exact) mass is 214 g/mol. The fourth-order valence-corrected chi connectivity index (χ4v) is 1.48. The van der Waals surface area contributed by atoms with Gasteiger partial charge in [-0.1, -0.05) is 38.1 Å². The number of aromatic nitrogens is 1. The van der Waals surface area contributed by atoms with E-state index in [1.165, 1.54) is 0 Å². The second-order valence-electron chi connectivity index (χ2n) is 4.02. The molecule has 1 amide bonds. The van der Waals surface area contributed by atoms with Gasteiger partial charge in [0.2, 0.25) is 5.91 Å². The lowest BCUT2D eigenvalue weighted by atomic mass is 10.1. The summed E-state index contributed by atoms with van der Waals surface area (Å²) in [6.07, 6.45) is 1.71. The molecule has 2 aromatic rings. The van der Waals surface area contributed by atoms with Crippen LogP contribution in [0.5, 0.6) is 0 Å². The molecular weight excluding hydrogens is 200 g/mol. The van der Waals surface area contributed by atoms with Crippen LogP contribution in [0.25, 0.3) is 10.8 Å². The van der Waals surface area contributed by atoms with Crippen molar-refractivity contribution in [3.63, 3.8) is 0 Å². The molecule has 0 unspecified atom stereocenters. The summed E-state index contributed by atoms with van der Waals surface area (Å²) in [5.41, 5.74) is 0. The number of hydrogen-bond acceptors (Lipinski definition) is 2. The summed E-state index contributed by atoms with van der Waals surface area (Å²) >= 11 is 0. The Balaban J connectivity index is 2.41. The van der Waals surface area contributed by atoms with Gasteiger partial charge in [0.1, 0.15) is 5.82 Å². The van der Waals surface area contributed by atoms with Crippen molar-refractivity contribution < 1.29 is 4.79 Å². The van der Waals surface area contributed by atoms with E-state index >= 15 is 0 Å². The van der Waals surface area contributed by atoms with E-state index in [1.54, 1.807) is 6.20 Å². The third-order valence-corrected chi connectivity index (χ3v) is 2.44. The van der Waals surface area contributed by atoms with Crippen molar-refractivity contribution in [3.05, 3.63) is 36.5 Å². The Morgan fingerprint density at radius 2 is 2.00 bits per heavy atom. The van der Waals surface area contributed by atoms with Gasteiger partial charge in [0, 0.05) is 17.5 Å². The Kier molecular flexibility index (Phi) is 2.86. The van der Waals surface area contributed by atoms with Gasteiger partial charge in [0.15, 0.2) is 0 Å². The molecule has 0 fully saturated rings. The maximum atomic E-state index is 11.6. The van der Waals surface area contributed by atoms with E-state index in [2.05, 4.69) is 10.3 Å². The van der Waals surface area contributed by atoms with Gasteiger partial charge in [-0.3, -0.25) is 4.79 Å². The minimum Gasteiger partial charge on any atom is -0.310 e. The summed E-state index contributed by atoms with van der Waals surface area (Å²) in [7, 11) is 0. The predicted molar refractivity (Wildman–Crippen MR) is 65.2 cm³/mol. The molecule has 3 heteroatoms. The highest BCUT2D eigenvalue weighted by molar-refractivity contribution is 6.00. The Labute approximate surface area is 94.5 Å². The molecule has 0 saturated heterocycles. The highest BCUT2D eigenvalue weighted by Crippen LogP contribution is 2.20. The van der Waals surface area contributed by atoms with Gasteiger partial charge in [-0.05, 0) is 11.5 Å². The number of fused-ring (bicyclic) bond motifs is 1. The molecule has 1 heterocycles. The van der Waals surface area contributed by atoms with Crippen LogP contribution in [0, 0.1) is 5.92 Å². The zero-order chi connectivity index (χ0) is 11.5. The molecule has 2 rings (SSSR count). The minimum absolute atomic E-state index is 0.0103. The van der Waals surface area contributed by atoms with Crippen LogP contribution in [0.1, 0.15) is 13.8 Å². The SMILES string of the molecule is CC(C)C(=O)Nc1nccc2ccccc12. The van der Waals surface area contributed by atoms with Gasteiger partial charge in [0.05, 0.1) is 0 Å². The van der Waals surface area contributed by atoms with Crippen LogP contribution < -0.4 is 5.32 Å². The molecule has 0 spiro atoms. The molecule has 0 saturated carbocycles. The average Bonchev–Trinajstić information content (AvgIpc) is 2.29. The third kappa shape index (κ3) is 2.03. The number of carbonyl (C=O) groups is 1. The summed E-state index contributed by atoms with van der Waals surface area (Å²) in [6.45, 7) is 3.72. The quantitative estimate of drug-likeness (QED) is 0.835. The molecule has 0 radical (unpaired) electrons. The standard InChI is InChI=1S/C13H14N2O/c1-9(2)13(16)15-12-11-6-4-3-5-10(11)7-8-14-12/h3-9H,1-2H3,(H,14,15,16). The molecule has 1 aromatic carbocycles. The van der Waals surface area contributed by atoms with Crippen molar-refractivity contribution in [2.24, 2.45) is 5.92 Å². The molecular formula is C13H14N2O. The second-order valence-corrected chi connectivity index (χ2v) is 4.02. The van der Waals surface area contributed by atoms with Gasteiger partial charge >= 0.3 is 0 Å². The fourth-order valence-electron chi connectivity index (χ4n) is 1.48. The van der Waals surface area contributed by atoms with Crippen LogP contribution in [0.4, 0.5) is 5.82 Å². The third-order valence-electron chi connectivity index (χ3n) is 2.44. The van der Waals surface area contributed by atoms with E-state index in [1.807, 2.05) is 44.2 Å². The van der Waals surface area contributed by atoms with Gasteiger partial charge in [-0.2, -0.15) is 0 Å². The number of hydrogen-bond donors (Lipinski definition) is 1. The van der Waals surface area contributed by atoms with Crippen LogP contribution in [-0.4, -0.2) is 10.9 Å². The van der Waals surface area contributed by atoms with Crippen LogP contribution in [0.2, 0.25) is 0 Å². The van der Waals surface area contributed by atoms with Crippen molar-refractivity contribution in [3.8, 4) is 0 Å². The molecule has 0 aliphatic heterocycles. The maximum absolute atomic E-state index is 11.6. The van der Waals surface area contributed by atoms with E-state index in [0.29, 0.717) is 5.82 Å².